The maximum atomic E-state index is 14.1. The van der Waals surface area contributed by atoms with E-state index in [1.165, 1.54) is 36.4 Å². The number of aliphatic carboxylic acids is 1. The fourth-order valence-electron chi connectivity index (χ4n) is 2.61. The SMILES string of the molecule is O=C([O-])CN1C(=O)/C(=C\c2c(F)cccc2Cl)c2ccccc2C1=O. The quantitative estimate of drug-likeness (QED) is 0.618. The van der Waals surface area contributed by atoms with Gasteiger partial charge in [0.2, 0.25) is 0 Å². The lowest BCUT2D eigenvalue weighted by molar-refractivity contribution is -0.305. The maximum absolute atomic E-state index is 14.1. The van der Waals surface area contributed by atoms with E-state index >= 15 is 0 Å². The summed E-state index contributed by atoms with van der Waals surface area (Å²) in [4.78, 5) is 36.5. The summed E-state index contributed by atoms with van der Waals surface area (Å²) in [5, 5.41) is 11.0. The monoisotopic (exact) mass is 358 g/mol. The molecule has 25 heavy (non-hydrogen) atoms. The molecule has 0 bridgehead atoms. The van der Waals surface area contributed by atoms with Crippen molar-refractivity contribution in [2.75, 3.05) is 6.54 Å². The second-order valence-corrected chi connectivity index (χ2v) is 5.71. The van der Waals surface area contributed by atoms with Crippen LogP contribution in [-0.2, 0) is 9.59 Å². The summed E-state index contributed by atoms with van der Waals surface area (Å²) in [7, 11) is 0. The Hall–Kier alpha value is -2.99. The molecule has 2 aromatic carbocycles. The van der Waals surface area contributed by atoms with E-state index in [9.17, 15) is 23.9 Å². The second-order valence-electron chi connectivity index (χ2n) is 5.31. The van der Waals surface area contributed by atoms with Crippen LogP contribution in [0.2, 0.25) is 5.02 Å². The average molecular weight is 359 g/mol. The van der Waals surface area contributed by atoms with Crippen LogP contribution in [0.3, 0.4) is 0 Å². The number of carboxylic acids is 1. The first-order chi connectivity index (χ1) is 11.9. The average Bonchev–Trinajstić information content (AvgIpc) is 2.57. The summed E-state index contributed by atoms with van der Waals surface area (Å²) in [6.07, 6.45) is 1.22. The highest BCUT2D eigenvalue weighted by molar-refractivity contribution is 6.36. The Morgan fingerprint density at radius 3 is 2.40 bits per heavy atom. The highest BCUT2D eigenvalue weighted by Gasteiger charge is 2.34. The van der Waals surface area contributed by atoms with Crippen molar-refractivity contribution in [3.63, 3.8) is 0 Å². The molecule has 1 aliphatic rings. The Labute approximate surface area is 146 Å². The molecule has 0 aliphatic carbocycles. The molecule has 1 heterocycles. The fraction of sp³-hybridized carbons (Fsp3) is 0.0556. The normalized spacial score (nSPS) is 15.4. The summed E-state index contributed by atoms with van der Waals surface area (Å²) in [6.45, 7) is -0.894. The molecule has 3 rings (SSSR count). The van der Waals surface area contributed by atoms with Gasteiger partial charge in [0.15, 0.2) is 0 Å². The van der Waals surface area contributed by atoms with Gasteiger partial charge in [0.25, 0.3) is 11.8 Å². The van der Waals surface area contributed by atoms with Crippen molar-refractivity contribution in [3.8, 4) is 0 Å². The third kappa shape index (κ3) is 3.04. The van der Waals surface area contributed by atoms with Crippen LogP contribution in [0.25, 0.3) is 11.6 Å². The Kier molecular flexibility index (Phi) is 4.37. The minimum atomic E-state index is -1.58. The summed E-state index contributed by atoms with van der Waals surface area (Å²) >= 11 is 5.99. The van der Waals surface area contributed by atoms with Gasteiger partial charge >= 0.3 is 0 Å². The summed E-state index contributed by atoms with van der Waals surface area (Å²) in [6, 6.07) is 10.2. The standard InChI is InChI=1S/C18H11ClFNO4/c19-14-6-3-7-15(20)13(14)8-12-10-4-1-2-5-11(10)17(24)21(18(12)25)9-16(22)23/h1-8H,9H2,(H,22,23)/p-1/b12-8-. The molecule has 0 atom stereocenters. The zero-order valence-electron chi connectivity index (χ0n) is 12.7. The van der Waals surface area contributed by atoms with Gasteiger partial charge in [-0.2, -0.15) is 0 Å². The van der Waals surface area contributed by atoms with Crippen molar-refractivity contribution in [2.24, 2.45) is 0 Å². The molecule has 7 heteroatoms. The van der Waals surface area contributed by atoms with Crippen LogP contribution in [0, 0.1) is 5.82 Å². The molecule has 0 N–H and O–H groups in total. The molecule has 0 saturated heterocycles. The first kappa shape index (κ1) is 16.9. The number of benzene rings is 2. The van der Waals surface area contributed by atoms with Crippen molar-refractivity contribution in [1.29, 1.82) is 0 Å². The van der Waals surface area contributed by atoms with Gasteiger partial charge in [-0.1, -0.05) is 35.9 Å². The molecular formula is C18H10ClFNO4-. The predicted molar refractivity (Wildman–Crippen MR) is 86.8 cm³/mol. The van der Waals surface area contributed by atoms with Crippen molar-refractivity contribution in [1.82, 2.24) is 4.90 Å². The molecule has 126 valence electrons. The number of carboxylic acid groups (broad SMARTS) is 1. The lowest BCUT2D eigenvalue weighted by Crippen LogP contribution is -2.47. The number of hydrogen-bond donors (Lipinski definition) is 0. The predicted octanol–water partition coefficient (Wildman–Crippen LogP) is 1.75. The number of carbonyl (C=O) groups excluding carboxylic acids is 3. The third-order valence-corrected chi connectivity index (χ3v) is 4.07. The van der Waals surface area contributed by atoms with Crippen LogP contribution < -0.4 is 5.11 Å². The molecule has 0 fully saturated rings. The van der Waals surface area contributed by atoms with Crippen molar-refractivity contribution in [2.45, 2.75) is 0 Å². The van der Waals surface area contributed by atoms with Gasteiger partial charge in [-0.25, -0.2) is 4.39 Å². The van der Waals surface area contributed by atoms with E-state index in [-0.39, 0.29) is 27.3 Å². The van der Waals surface area contributed by atoms with Gasteiger partial charge in [0.1, 0.15) is 5.82 Å². The molecule has 0 aromatic heterocycles. The van der Waals surface area contributed by atoms with Crippen molar-refractivity contribution < 1.29 is 23.9 Å². The number of carbonyl (C=O) groups is 3. The molecule has 0 radical (unpaired) electrons. The largest absolute Gasteiger partial charge is 0.548 e. The fourth-order valence-corrected chi connectivity index (χ4v) is 2.83. The summed E-state index contributed by atoms with van der Waals surface area (Å²) in [5.74, 6) is -3.83. The number of amides is 2. The number of halogens is 2. The Bertz CT molecular complexity index is 918. The molecule has 0 unspecified atom stereocenters. The van der Waals surface area contributed by atoms with Gasteiger partial charge in [0.05, 0.1) is 17.5 Å². The Morgan fingerprint density at radius 1 is 1.08 bits per heavy atom. The van der Waals surface area contributed by atoms with Crippen LogP contribution >= 0.6 is 11.6 Å². The van der Waals surface area contributed by atoms with E-state index in [4.69, 9.17) is 11.6 Å². The van der Waals surface area contributed by atoms with E-state index in [1.54, 1.807) is 12.1 Å². The maximum Gasteiger partial charge on any atom is 0.261 e. The van der Waals surface area contributed by atoms with Gasteiger partial charge in [0, 0.05) is 16.7 Å². The highest BCUT2D eigenvalue weighted by atomic mass is 35.5. The van der Waals surface area contributed by atoms with Crippen LogP contribution in [0.5, 0.6) is 0 Å². The minimum Gasteiger partial charge on any atom is -0.548 e. The number of fused-ring (bicyclic) bond motifs is 1. The van der Waals surface area contributed by atoms with Crippen LogP contribution in [-0.4, -0.2) is 29.2 Å². The van der Waals surface area contributed by atoms with Crippen LogP contribution in [0.1, 0.15) is 21.5 Å². The lowest BCUT2D eigenvalue weighted by atomic mass is 9.92. The number of hydrogen-bond acceptors (Lipinski definition) is 4. The third-order valence-electron chi connectivity index (χ3n) is 3.74. The number of nitrogens with zero attached hydrogens (tertiary/aromatic N) is 1. The zero-order chi connectivity index (χ0) is 18.1. The Morgan fingerprint density at radius 2 is 1.76 bits per heavy atom. The van der Waals surface area contributed by atoms with Gasteiger partial charge < -0.3 is 9.90 Å². The van der Waals surface area contributed by atoms with E-state index in [2.05, 4.69) is 0 Å². The molecule has 2 amide bonds. The van der Waals surface area contributed by atoms with E-state index in [1.807, 2.05) is 0 Å². The first-order valence-corrected chi connectivity index (χ1v) is 7.59. The Balaban J connectivity index is 2.22. The van der Waals surface area contributed by atoms with Crippen molar-refractivity contribution >= 4 is 41.0 Å². The molecule has 0 saturated carbocycles. The minimum absolute atomic E-state index is 0.0231. The summed E-state index contributed by atoms with van der Waals surface area (Å²) in [5.41, 5.74) is 0.377. The van der Waals surface area contributed by atoms with Crippen LogP contribution in [0.4, 0.5) is 4.39 Å². The van der Waals surface area contributed by atoms with E-state index < -0.39 is 30.1 Å². The number of rotatable bonds is 3. The van der Waals surface area contributed by atoms with E-state index in [0.717, 1.165) is 0 Å². The summed E-state index contributed by atoms with van der Waals surface area (Å²) < 4.78 is 14.1. The first-order valence-electron chi connectivity index (χ1n) is 7.21. The van der Waals surface area contributed by atoms with Crippen molar-refractivity contribution in [3.05, 3.63) is 70.0 Å². The molecule has 2 aromatic rings. The molecular weight excluding hydrogens is 349 g/mol. The van der Waals surface area contributed by atoms with Gasteiger partial charge in [-0.05, 0) is 29.8 Å². The smallest absolute Gasteiger partial charge is 0.261 e. The topological polar surface area (TPSA) is 77.5 Å². The van der Waals surface area contributed by atoms with E-state index in [0.29, 0.717) is 4.90 Å². The highest BCUT2D eigenvalue weighted by Crippen LogP contribution is 2.32. The second kappa shape index (κ2) is 6.49. The molecule has 1 aliphatic heterocycles. The van der Waals surface area contributed by atoms with Crippen LogP contribution in [0.15, 0.2) is 42.5 Å². The molecule has 0 spiro atoms. The van der Waals surface area contributed by atoms with Gasteiger partial charge in [-0.3, -0.25) is 14.5 Å². The van der Waals surface area contributed by atoms with Gasteiger partial charge in [-0.15, -0.1) is 0 Å². The molecule has 5 nitrogen and oxygen atoms in total. The lowest BCUT2D eigenvalue weighted by Gasteiger charge is -2.29. The number of imide groups is 1. The zero-order valence-corrected chi connectivity index (χ0v) is 13.4.